The number of nitrogens with zero attached hydrogens (tertiary/aromatic N) is 1. The number of hydrogen-bond acceptors (Lipinski definition) is 1. The molecule has 16 heavy (non-hydrogen) atoms. The molecule has 0 heterocycles. The lowest BCUT2D eigenvalue weighted by atomic mass is 10.1. The second-order valence-electron chi connectivity index (χ2n) is 5.33. The molecule has 0 bridgehead atoms. The zero-order valence-corrected chi connectivity index (χ0v) is 11.7. The van der Waals surface area contributed by atoms with Crippen LogP contribution >= 0.6 is 0 Å². The first-order valence-electron chi connectivity index (χ1n) is 7.13. The summed E-state index contributed by atoms with van der Waals surface area (Å²) in [5, 5.41) is 9.47. The Morgan fingerprint density at radius 1 is 0.750 bits per heavy atom. The summed E-state index contributed by atoms with van der Waals surface area (Å²) in [6.07, 6.45) is 10.4. The minimum Gasteiger partial charge on any atom is -0.347 e. The molecule has 1 N–H and O–H groups in total. The van der Waals surface area contributed by atoms with Crippen LogP contribution < -0.4 is 0 Å². The van der Waals surface area contributed by atoms with Crippen molar-refractivity contribution in [3.05, 3.63) is 0 Å². The van der Waals surface area contributed by atoms with Gasteiger partial charge in [-0.25, -0.2) is 0 Å². The van der Waals surface area contributed by atoms with Gasteiger partial charge in [0, 0.05) is 0 Å². The van der Waals surface area contributed by atoms with E-state index in [2.05, 4.69) is 20.9 Å². The molecule has 0 aromatic rings. The van der Waals surface area contributed by atoms with Gasteiger partial charge in [-0.1, -0.05) is 39.5 Å². The van der Waals surface area contributed by atoms with E-state index in [1.807, 2.05) is 0 Å². The lowest BCUT2D eigenvalue weighted by Gasteiger charge is -2.32. The highest BCUT2D eigenvalue weighted by Crippen LogP contribution is 2.10. The van der Waals surface area contributed by atoms with Gasteiger partial charge in [0.2, 0.25) is 0 Å². The Balaban J connectivity index is 3.64. The predicted octanol–water partition coefficient (Wildman–Crippen LogP) is 3.54. The molecule has 0 fully saturated rings. The van der Waals surface area contributed by atoms with Crippen LogP contribution in [0.4, 0.5) is 0 Å². The minimum atomic E-state index is 0.304. The van der Waals surface area contributed by atoms with Crippen LogP contribution in [0.1, 0.15) is 65.2 Å². The lowest BCUT2D eigenvalue weighted by Crippen LogP contribution is -2.46. The summed E-state index contributed by atoms with van der Waals surface area (Å²) < 4.78 is 0.855. The molecule has 2 nitrogen and oxygen atoms in total. The van der Waals surface area contributed by atoms with E-state index in [-0.39, 0.29) is 0 Å². The maximum Gasteiger partial charge on any atom is 0.180 e. The van der Waals surface area contributed by atoms with Gasteiger partial charge in [-0.05, 0) is 25.7 Å². The molecule has 0 atom stereocenters. The highest BCUT2D eigenvalue weighted by atomic mass is 16.3. The molecule has 0 aliphatic rings. The predicted molar refractivity (Wildman–Crippen MR) is 71.3 cm³/mol. The van der Waals surface area contributed by atoms with Crippen LogP contribution in [-0.2, 0) is 0 Å². The Morgan fingerprint density at radius 3 is 1.50 bits per heavy atom. The molecule has 0 radical (unpaired) electrons. The van der Waals surface area contributed by atoms with Crippen LogP contribution in [0.5, 0.6) is 0 Å². The smallest absolute Gasteiger partial charge is 0.180 e. The van der Waals surface area contributed by atoms with E-state index in [0.29, 0.717) is 6.73 Å². The van der Waals surface area contributed by atoms with Gasteiger partial charge in [0.15, 0.2) is 6.73 Å². The Labute approximate surface area is 102 Å². The second-order valence-corrected chi connectivity index (χ2v) is 5.33. The summed E-state index contributed by atoms with van der Waals surface area (Å²) in [5.41, 5.74) is 0. The van der Waals surface area contributed by atoms with Crippen molar-refractivity contribution in [3.8, 4) is 0 Å². The van der Waals surface area contributed by atoms with E-state index >= 15 is 0 Å². The zero-order chi connectivity index (χ0) is 12.3. The van der Waals surface area contributed by atoms with Gasteiger partial charge < -0.3 is 9.59 Å². The van der Waals surface area contributed by atoms with Crippen LogP contribution in [-0.4, -0.2) is 36.5 Å². The maximum atomic E-state index is 9.47. The van der Waals surface area contributed by atoms with Gasteiger partial charge in [0.25, 0.3) is 0 Å². The van der Waals surface area contributed by atoms with Gasteiger partial charge in [0.1, 0.15) is 0 Å². The third-order valence-corrected chi connectivity index (χ3v) is 3.44. The molecule has 0 aliphatic heterocycles. The van der Waals surface area contributed by atoms with Crippen molar-refractivity contribution in [2.75, 3.05) is 26.9 Å². The largest absolute Gasteiger partial charge is 0.347 e. The molecule has 0 amide bonds. The van der Waals surface area contributed by atoms with Crippen LogP contribution in [0, 0.1) is 0 Å². The normalized spacial score (nSPS) is 12.0. The summed E-state index contributed by atoms with van der Waals surface area (Å²) >= 11 is 0. The van der Waals surface area contributed by atoms with Crippen LogP contribution in [0.3, 0.4) is 0 Å². The van der Waals surface area contributed by atoms with E-state index in [1.165, 1.54) is 51.4 Å². The highest BCUT2D eigenvalue weighted by molar-refractivity contribution is 4.44. The van der Waals surface area contributed by atoms with Gasteiger partial charge in [-0.2, -0.15) is 0 Å². The fraction of sp³-hybridized carbons (Fsp3) is 1.00. The van der Waals surface area contributed by atoms with Crippen molar-refractivity contribution in [3.63, 3.8) is 0 Å². The molecule has 0 saturated carbocycles. The maximum absolute atomic E-state index is 9.47. The number of quaternary nitrogens is 1. The summed E-state index contributed by atoms with van der Waals surface area (Å²) in [7, 11) is 2.19. The van der Waals surface area contributed by atoms with Gasteiger partial charge in [0.05, 0.1) is 20.1 Å². The summed E-state index contributed by atoms with van der Waals surface area (Å²) in [6, 6.07) is 0. The van der Waals surface area contributed by atoms with Crippen molar-refractivity contribution in [1.29, 1.82) is 0 Å². The van der Waals surface area contributed by atoms with Gasteiger partial charge >= 0.3 is 0 Å². The monoisotopic (exact) mass is 230 g/mol. The molecule has 0 aromatic carbocycles. The van der Waals surface area contributed by atoms with Crippen LogP contribution in [0.15, 0.2) is 0 Å². The lowest BCUT2D eigenvalue weighted by molar-refractivity contribution is -0.927. The number of hydrogen-bond donors (Lipinski definition) is 1. The van der Waals surface area contributed by atoms with E-state index in [1.54, 1.807) is 0 Å². The Hall–Kier alpha value is -0.0800. The molecule has 0 aliphatic carbocycles. The first-order chi connectivity index (χ1) is 7.68. The molecule has 0 spiro atoms. The second kappa shape index (κ2) is 10.1. The minimum absolute atomic E-state index is 0.304. The van der Waals surface area contributed by atoms with Crippen LogP contribution in [0.2, 0.25) is 0 Å². The number of rotatable bonds is 11. The Morgan fingerprint density at radius 2 is 1.19 bits per heavy atom. The van der Waals surface area contributed by atoms with Crippen molar-refractivity contribution in [2.24, 2.45) is 0 Å². The summed E-state index contributed by atoms with van der Waals surface area (Å²) in [6.45, 7) is 7.07. The fourth-order valence-electron chi connectivity index (χ4n) is 2.09. The standard InChI is InChI=1S/C14H32NO/c1-4-6-8-10-12-15(3,14-16)13-11-9-7-5-2/h16H,4-14H2,1-3H3/q+1. The van der Waals surface area contributed by atoms with Crippen molar-refractivity contribution in [1.82, 2.24) is 0 Å². The average molecular weight is 230 g/mol. The molecule has 0 unspecified atom stereocenters. The third-order valence-electron chi connectivity index (χ3n) is 3.44. The molecule has 0 rings (SSSR count). The SMILES string of the molecule is CCCCCC[N+](C)(CO)CCCCCC. The topological polar surface area (TPSA) is 20.2 Å². The molecule has 0 aromatic heterocycles. The van der Waals surface area contributed by atoms with Gasteiger partial charge in [-0.3, -0.25) is 0 Å². The van der Waals surface area contributed by atoms with Gasteiger partial charge in [-0.15, -0.1) is 0 Å². The highest BCUT2D eigenvalue weighted by Gasteiger charge is 2.18. The number of aliphatic hydroxyl groups excluding tert-OH is 1. The molecule has 98 valence electrons. The van der Waals surface area contributed by atoms with Crippen molar-refractivity contribution < 1.29 is 9.59 Å². The first kappa shape index (κ1) is 15.9. The molecule has 0 saturated heterocycles. The Bertz CT molecular complexity index is 136. The number of aliphatic hydroxyl groups is 1. The van der Waals surface area contributed by atoms with Crippen molar-refractivity contribution >= 4 is 0 Å². The van der Waals surface area contributed by atoms with Crippen LogP contribution in [0.25, 0.3) is 0 Å². The quantitative estimate of drug-likeness (QED) is 0.327. The van der Waals surface area contributed by atoms with E-state index in [9.17, 15) is 5.11 Å². The molecular weight excluding hydrogens is 198 g/mol. The summed E-state index contributed by atoms with van der Waals surface area (Å²) in [5.74, 6) is 0. The fourth-order valence-corrected chi connectivity index (χ4v) is 2.09. The van der Waals surface area contributed by atoms with Crippen molar-refractivity contribution in [2.45, 2.75) is 65.2 Å². The summed E-state index contributed by atoms with van der Waals surface area (Å²) in [4.78, 5) is 0. The zero-order valence-electron chi connectivity index (χ0n) is 11.7. The van der Waals surface area contributed by atoms with E-state index in [4.69, 9.17) is 0 Å². The third kappa shape index (κ3) is 8.12. The first-order valence-corrected chi connectivity index (χ1v) is 7.13. The van der Waals surface area contributed by atoms with E-state index < -0.39 is 0 Å². The molecule has 2 heteroatoms. The molecular formula is C14H32NO+. The van der Waals surface area contributed by atoms with E-state index in [0.717, 1.165) is 17.6 Å². The average Bonchev–Trinajstić information content (AvgIpc) is 2.31. The number of unbranched alkanes of at least 4 members (excludes halogenated alkanes) is 6. The Kier molecular flexibility index (Phi) is 10.0.